The van der Waals surface area contributed by atoms with E-state index in [1.165, 1.54) is 5.38 Å². The number of nitrogens with one attached hydrogen (secondary N) is 1. The zero-order valence-electron chi connectivity index (χ0n) is 13.6. The first kappa shape index (κ1) is 16.5. The second-order valence-corrected chi connectivity index (χ2v) is 6.93. The minimum atomic E-state index is -1.11. The molecule has 1 saturated carbocycles. The first-order valence-corrected chi connectivity index (χ1v) is 8.98. The second-order valence-electron chi connectivity index (χ2n) is 6.07. The number of hydrogen-bond donors (Lipinski definition) is 2. The third-order valence-electron chi connectivity index (χ3n) is 4.31. The van der Waals surface area contributed by atoms with Crippen molar-refractivity contribution in [1.82, 2.24) is 9.97 Å². The zero-order chi connectivity index (χ0) is 18.1. The van der Waals surface area contributed by atoms with Gasteiger partial charge in [-0.1, -0.05) is 18.2 Å². The van der Waals surface area contributed by atoms with Gasteiger partial charge < -0.3 is 15.2 Å². The summed E-state index contributed by atoms with van der Waals surface area (Å²) in [5.41, 5.74) is 0.746. The van der Waals surface area contributed by atoms with Crippen LogP contribution in [0.2, 0.25) is 0 Å². The van der Waals surface area contributed by atoms with Crippen LogP contribution < -0.4 is 10.1 Å². The van der Waals surface area contributed by atoms with Crippen LogP contribution in [0.25, 0.3) is 10.9 Å². The number of aromatic nitrogens is 2. The van der Waals surface area contributed by atoms with Crippen molar-refractivity contribution in [3.05, 3.63) is 47.6 Å². The van der Waals surface area contributed by atoms with E-state index in [2.05, 4.69) is 15.3 Å². The van der Waals surface area contributed by atoms with E-state index in [0.29, 0.717) is 18.0 Å². The van der Waals surface area contributed by atoms with E-state index in [9.17, 15) is 9.59 Å². The molecule has 0 saturated heterocycles. The van der Waals surface area contributed by atoms with Gasteiger partial charge in [-0.2, -0.15) is 0 Å². The predicted octanol–water partition coefficient (Wildman–Crippen LogP) is 3.19. The van der Waals surface area contributed by atoms with E-state index >= 15 is 0 Å². The van der Waals surface area contributed by atoms with Gasteiger partial charge in [0, 0.05) is 22.9 Å². The van der Waals surface area contributed by atoms with Crippen LogP contribution in [0.5, 0.6) is 5.75 Å². The number of benzene rings is 1. The van der Waals surface area contributed by atoms with E-state index in [1.54, 1.807) is 6.20 Å². The lowest BCUT2D eigenvalue weighted by Crippen LogP contribution is -2.40. The number of carboxylic acids is 1. The number of ether oxygens (including phenoxy) is 1. The summed E-state index contributed by atoms with van der Waals surface area (Å²) >= 11 is 1.10. The molecule has 1 aliphatic carbocycles. The largest absolute Gasteiger partial charge is 0.488 e. The molecule has 7 nitrogen and oxygen atoms in total. The van der Waals surface area contributed by atoms with Crippen molar-refractivity contribution >= 4 is 39.2 Å². The molecule has 0 aliphatic heterocycles. The average Bonchev–Trinajstić information content (AvgIpc) is 3.06. The molecule has 2 N–H and O–H groups in total. The first-order valence-electron chi connectivity index (χ1n) is 8.10. The molecule has 2 heterocycles. The maximum Gasteiger partial charge on any atom is 0.355 e. The summed E-state index contributed by atoms with van der Waals surface area (Å²) in [7, 11) is 0. The van der Waals surface area contributed by atoms with Gasteiger partial charge in [0.05, 0.1) is 0 Å². The van der Waals surface area contributed by atoms with Crippen LogP contribution in [0.4, 0.5) is 5.13 Å². The molecule has 0 radical (unpaired) electrons. The summed E-state index contributed by atoms with van der Waals surface area (Å²) in [5, 5.41) is 14.2. The molecule has 132 valence electrons. The number of para-hydroxylation sites is 1. The Morgan fingerprint density at radius 2 is 2.04 bits per heavy atom. The normalized spacial score (nSPS) is 18.9. The van der Waals surface area contributed by atoms with Crippen molar-refractivity contribution in [1.29, 1.82) is 0 Å². The van der Waals surface area contributed by atoms with Crippen molar-refractivity contribution in [2.75, 3.05) is 5.32 Å². The average molecular weight is 369 g/mol. The molecule has 1 aromatic carbocycles. The topological polar surface area (TPSA) is 101 Å². The molecule has 8 heteroatoms. The second kappa shape index (κ2) is 6.72. The molecular weight excluding hydrogens is 354 g/mol. The summed E-state index contributed by atoms with van der Waals surface area (Å²) in [6, 6.07) is 9.64. The molecule has 3 aromatic rings. The number of aromatic carboxylic acids is 1. The van der Waals surface area contributed by atoms with Crippen molar-refractivity contribution in [2.24, 2.45) is 5.92 Å². The number of carbonyl (C=O) groups excluding carboxylic acids is 1. The number of nitrogens with zero attached hydrogens (tertiary/aromatic N) is 2. The Kier molecular flexibility index (Phi) is 4.26. The number of hydrogen-bond acceptors (Lipinski definition) is 6. The van der Waals surface area contributed by atoms with Crippen molar-refractivity contribution in [2.45, 2.75) is 18.9 Å². The Hall–Kier alpha value is -3.00. The van der Waals surface area contributed by atoms with Crippen molar-refractivity contribution in [3.63, 3.8) is 0 Å². The molecule has 0 atom stereocenters. The first-order chi connectivity index (χ1) is 12.6. The maximum atomic E-state index is 12.2. The minimum Gasteiger partial charge on any atom is -0.488 e. The summed E-state index contributed by atoms with van der Waals surface area (Å²) in [4.78, 5) is 31.3. The van der Waals surface area contributed by atoms with Gasteiger partial charge in [-0.15, -0.1) is 11.3 Å². The smallest absolute Gasteiger partial charge is 0.355 e. The van der Waals surface area contributed by atoms with Gasteiger partial charge in [0.2, 0.25) is 5.91 Å². The molecule has 0 spiro atoms. The fraction of sp³-hybridized carbons (Fsp3) is 0.222. The van der Waals surface area contributed by atoms with Crippen LogP contribution in [0, 0.1) is 5.92 Å². The van der Waals surface area contributed by atoms with E-state index in [0.717, 1.165) is 28.0 Å². The third-order valence-corrected chi connectivity index (χ3v) is 5.07. The standard InChI is InChI=1S/C18H15N3O4S/c22-16(21-18-20-13(9-26-18)17(23)24)11-7-12(8-11)25-14-5-1-3-10-4-2-6-19-15(10)14/h1-6,9,11-12H,7-8H2,(H,23,24)(H,20,21,22)/t11-,12-. The van der Waals surface area contributed by atoms with Gasteiger partial charge >= 0.3 is 5.97 Å². The highest BCUT2D eigenvalue weighted by Gasteiger charge is 2.36. The summed E-state index contributed by atoms with van der Waals surface area (Å²) in [6.45, 7) is 0. The molecule has 1 amide bonds. The number of amides is 1. The maximum absolute atomic E-state index is 12.2. The van der Waals surface area contributed by atoms with Crippen LogP contribution in [0.3, 0.4) is 0 Å². The molecule has 1 aliphatic rings. The van der Waals surface area contributed by atoms with E-state index in [1.807, 2.05) is 30.3 Å². The SMILES string of the molecule is O=C(O)c1csc(NC(=O)[C@H]2C[C@H](Oc3cccc4cccnc34)C2)n1. The fourth-order valence-corrected chi connectivity index (χ4v) is 3.55. The molecular formula is C18H15N3O4S. The molecule has 2 aromatic heterocycles. The highest BCUT2D eigenvalue weighted by atomic mass is 32.1. The Labute approximate surface area is 152 Å². The Morgan fingerprint density at radius 3 is 2.81 bits per heavy atom. The molecule has 0 bridgehead atoms. The van der Waals surface area contributed by atoms with Gasteiger partial charge in [-0.3, -0.25) is 9.78 Å². The number of carbonyl (C=O) groups is 2. The van der Waals surface area contributed by atoms with E-state index < -0.39 is 5.97 Å². The molecule has 26 heavy (non-hydrogen) atoms. The van der Waals surface area contributed by atoms with Gasteiger partial charge in [0.15, 0.2) is 10.8 Å². The zero-order valence-corrected chi connectivity index (χ0v) is 14.4. The van der Waals surface area contributed by atoms with Crippen LogP contribution in [0.15, 0.2) is 41.9 Å². The summed E-state index contributed by atoms with van der Waals surface area (Å²) in [5.74, 6) is -0.715. The quantitative estimate of drug-likeness (QED) is 0.716. The monoisotopic (exact) mass is 369 g/mol. The van der Waals surface area contributed by atoms with Gasteiger partial charge in [0.1, 0.15) is 17.4 Å². The number of anilines is 1. The fourth-order valence-electron chi connectivity index (χ4n) is 2.86. The van der Waals surface area contributed by atoms with Crippen LogP contribution in [-0.4, -0.2) is 33.1 Å². The summed E-state index contributed by atoms with van der Waals surface area (Å²) in [6.07, 6.45) is 2.90. The number of pyridine rings is 1. The lowest BCUT2D eigenvalue weighted by atomic mass is 9.81. The van der Waals surface area contributed by atoms with Crippen LogP contribution >= 0.6 is 11.3 Å². The lowest BCUT2D eigenvalue weighted by Gasteiger charge is -2.34. The third kappa shape index (κ3) is 3.23. The molecule has 1 fully saturated rings. The van der Waals surface area contributed by atoms with E-state index in [-0.39, 0.29) is 23.6 Å². The Balaban J connectivity index is 1.34. The highest BCUT2D eigenvalue weighted by molar-refractivity contribution is 7.14. The van der Waals surface area contributed by atoms with Crippen LogP contribution in [-0.2, 0) is 4.79 Å². The Morgan fingerprint density at radius 1 is 1.23 bits per heavy atom. The number of carboxylic acid groups (broad SMARTS) is 1. The number of rotatable bonds is 5. The lowest BCUT2D eigenvalue weighted by molar-refractivity contribution is -0.125. The van der Waals surface area contributed by atoms with Crippen LogP contribution in [0.1, 0.15) is 23.3 Å². The minimum absolute atomic E-state index is 0.0377. The van der Waals surface area contributed by atoms with Gasteiger partial charge in [-0.05, 0) is 25.0 Å². The number of fused-ring (bicyclic) bond motifs is 1. The molecule has 0 unspecified atom stereocenters. The van der Waals surface area contributed by atoms with E-state index in [4.69, 9.17) is 9.84 Å². The summed E-state index contributed by atoms with van der Waals surface area (Å²) < 4.78 is 6.00. The van der Waals surface area contributed by atoms with Crippen molar-refractivity contribution in [3.8, 4) is 5.75 Å². The van der Waals surface area contributed by atoms with Crippen molar-refractivity contribution < 1.29 is 19.4 Å². The number of thiazole rings is 1. The molecule has 4 rings (SSSR count). The Bertz CT molecular complexity index is 976. The highest BCUT2D eigenvalue weighted by Crippen LogP contribution is 2.34. The van der Waals surface area contributed by atoms with Gasteiger partial charge in [0.25, 0.3) is 0 Å². The predicted molar refractivity (Wildman–Crippen MR) is 96.6 cm³/mol. The van der Waals surface area contributed by atoms with Gasteiger partial charge in [-0.25, -0.2) is 9.78 Å².